The number of nitrogens with two attached hydrogens (primary N) is 1. The average Bonchev–Trinajstić information content (AvgIpc) is 2.83. The highest BCUT2D eigenvalue weighted by atomic mass is 14.8. The zero-order valence-corrected chi connectivity index (χ0v) is 21.3. The van der Waals surface area contributed by atoms with E-state index in [1.807, 2.05) is 0 Å². The topological polar surface area (TPSA) is 26.0 Å². The van der Waals surface area contributed by atoms with Crippen molar-refractivity contribution >= 4 is 0 Å². The molecule has 0 amide bonds. The Balaban J connectivity index is 1.97. The molecule has 182 valence electrons. The van der Waals surface area contributed by atoms with Crippen LogP contribution in [0.2, 0.25) is 0 Å². The van der Waals surface area contributed by atoms with Crippen LogP contribution in [0.25, 0.3) is 0 Å². The molecule has 3 aliphatic carbocycles. The van der Waals surface area contributed by atoms with Crippen molar-refractivity contribution in [2.24, 2.45) is 5.73 Å². The predicted molar refractivity (Wildman–Crippen MR) is 142 cm³/mol. The molecule has 0 bridgehead atoms. The van der Waals surface area contributed by atoms with E-state index in [1.54, 1.807) is 16.7 Å². The lowest BCUT2D eigenvalue weighted by Gasteiger charge is -2.39. The van der Waals surface area contributed by atoms with Crippen molar-refractivity contribution in [2.45, 2.75) is 160 Å². The second-order valence-electron chi connectivity index (χ2n) is 11.0. The summed E-state index contributed by atoms with van der Waals surface area (Å²) in [4.78, 5) is 0. The van der Waals surface area contributed by atoms with Gasteiger partial charge in [0.1, 0.15) is 0 Å². The molecule has 3 aliphatic rings. The summed E-state index contributed by atoms with van der Waals surface area (Å²) in [5.41, 5.74) is 12.2. The Hall–Kier alpha value is -0.820. The van der Waals surface area contributed by atoms with Gasteiger partial charge in [0, 0.05) is 0 Å². The maximum absolute atomic E-state index is 7.75. The standard InChI is InChI=1S/C31H53N/c32-31(28-22-16-10-4-1-5-11-17-23-28,29-24-18-12-6-2-7-13-19-25-29)30-26-20-14-8-3-9-15-21-27-30/h22,24,26H,1-21,23,25,27,32H2. The first-order valence-corrected chi connectivity index (χ1v) is 14.7. The Morgan fingerprint density at radius 1 is 0.375 bits per heavy atom. The molecule has 0 saturated heterocycles. The minimum absolute atomic E-state index is 0.294. The van der Waals surface area contributed by atoms with Gasteiger partial charge in [0.25, 0.3) is 0 Å². The fourth-order valence-electron chi connectivity index (χ4n) is 6.33. The smallest absolute Gasteiger partial charge is 0.0801 e. The number of rotatable bonds is 3. The highest BCUT2D eigenvalue weighted by Gasteiger charge is 2.36. The van der Waals surface area contributed by atoms with E-state index in [0.717, 1.165) is 0 Å². The van der Waals surface area contributed by atoms with E-state index in [4.69, 9.17) is 5.73 Å². The maximum atomic E-state index is 7.75. The van der Waals surface area contributed by atoms with Crippen LogP contribution in [-0.4, -0.2) is 5.54 Å². The Morgan fingerprint density at radius 3 is 0.938 bits per heavy atom. The summed E-state index contributed by atoms with van der Waals surface area (Å²) < 4.78 is 0. The number of hydrogen-bond donors (Lipinski definition) is 1. The van der Waals surface area contributed by atoms with Gasteiger partial charge < -0.3 is 5.73 Å². The molecule has 0 atom stereocenters. The van der Waals surface area contributed by atoms with Crippen LogP contribution in [0.1, 0.15) is 154 Å². The van der Waals surface area contributed by atoms with E-state index in [2.05, 4.69) is 18.2 Å². The van der Waals surface area contributed by atoms with Crippen LogP contribution in [0.15, 0.2) is 34.9 Å². The molecule has 0 radical (unpaired) electrons. The summed E-state index contributed by atoms with van der Waals surface area (Å²) >= 11 is 0. The van der Waals surface area contributed by atoms with Crippen molar-refractivity contribution in [1.82, 2.24) is 0 Å². The van der Waals surface area contributed by atoms with Gasteiger partial charge in [0.05, 0.1) is 5.54 Å². The fourth-order valence-corrected chi connectivity index (χ4v) is 6.33. The summed E-state index contributed by atoms with van der Waals surface area (Å²) in [6, 6.07) is 0. The van der Waals surface area contributed by atoms with Crippen LogP contribution in [0.3, 0.4) is 0 Å². The van der Waals surface area contributed by atoms with Crippen molar-refractivity contribution in [3.8, 4) is 0 Å². The number of allylic oxidation sites excluding steroid dienone is 3. The zero-order chi connectivity index (χ0) is 22.3. The van der Waals surface area contributed by atoms with E-state index in [0.29, 0.717) is 0 Å². The van der Waals surface area contributed by atoms with E-state index < -0.39 is 0 Å². The Morgan fingerprint density at radius 2 is 0.625 bits per heavy atom. The van der Waals surface area contributed by atoms with Crippen LogP contribution in [0.5, 0.6) is 0 Å². The normalized spacial score (nSPS) is 26.0. The van der Waals surface area contributed by atoms with E-state index in [9.17, 15) is 0 Å². The number of hydrogen-bond acceptors (Lipinski definition) is 1. The lowest BCUT2D eigenvalue weighted by Crippen LogP contribution is -2.46. The largest absolute Gasteiger partial charge is 0.315 e. The fraction of sp³-hybridized carbons (Fsp3) is 0.806. The molecule has 0 unspecified atom stereocenters. The lowest BCUT2D eigenvalue weighted by molar-refractivity contribution is 0.504. The van der Waals surface area contributed by atoms with Crippen molar-refractivity contribution in [2.75, 3.05) is 0 Å². The third-order valence-electron chi connectivity index (χ3n) is 8.39. The van der Waals surface area contributed by atoms with E-state index in [1.165, 1.54) is 154 Å². The second kappa shape index (κ2) is 15.2. The first kappa shape index (κ1) is 25.8. The van der Waals surface area contributed by atoms with Gasteiger partial charge in [-0.05, 0) is 93.8 Å². The van der Waals surface area contributed by atoms with Crippen molar-refractivity contribution in [1.29, 1.82) is 0 Å². The second-order valence-corrected chi connectivity index (χ2v) is 11.0. The molecule has 0 saturated carbocycles. The summed E-state index contributed by atoms with van der Waals surface area (Å²) in [6.45, 7) is 0. The summed E-state index contributed by atoms with van der Waals surface area (Å²) in [5.74, 6) is 0. The monoisotopic (exact) mass is 439 g/mol. The van der Waals surface area contributed by atoms with Crippen LogP contribution in [-0.2, 0) is 0 Å². The summed E-state index contributed by atoms with van der Waals surface area (Å²) in [7, 11) is 0. The molecule has 0 heterocycles. The van der Waals surface area contributed by atoms with Crippen molar-refractivity contribution < 1.29 is 0 Å². The molecular formula is C31H53N. The Kier molecular flexibility index (Phi) is 12.2. The zero-order valence-electron chi connectivity index (χ0n) is 21.3. The van der Waals surface area contributed by atoms with Crippen LogP contribution < -0.4 is 5.73 Å². The van der Waals surface area contributed by atoms with Crippen LogP contribution in [0, 0.1) is 0 Å². The molecule has 0 aromatic heterocycles. The van der Waals surface area contributed by atoms with Gasteiger partial charge >= 0.3 is 0 Å². The first-order chi connectivity index (χ1) is 15.8. The van der Waals surface area contributed by atoms with Gasteiger partial charge in [-0.15, -0.1) is 0 Å². The first-order valence-electron chi connectivity index (χ1n) is 14.7. The van der Waals surface area contributed by atoms with Crippen LogP contribution >= 0.6 is 0 Å². The molecule has 0 aromatic carbocycles. The minimum Gasteiger partial charge on any atom is -0.315 e. The summed E-state index contributed by atoms with van der Waals surface area (Å²) in [5, 5.41) is 0. The highest BCUT2D eigenvalue weighted by molar-refractivity contribution is 5.47. The van der Waals surface area contributed by atoms with E-state index >= 15 is 0 Å². The molecule has 0 fully saturated rings. The third-order valence-corrected chi connectivity index (χ3v) is 8.39. The van der Waals surface area contributed by atoms with Gasteiger partial charge in [0.15, 0.2) is 0 Å². The van der Waals surface area contributed by atoms with Gasteiger partial charge in [-0.2, -0.15) is 0 Å². The Bertz CT molecular complexity index is 524. The molecule has 0 spiro atoms. The van der Waals surface area contributed by atoms with Crippen LogP contribution in [0.4, 0.5) is 0 Å². The Labute approximate surface area is 200 Å². The molecule has 32 heavy (non-hydrogen) atoms. The maximum Gasteiger partial charge on any atom is 0.0801 e. The molecule has 0 aliphatic heterocycles. The molecule has 3 rings (SSSR count). The highest BCUT2D eigenvalue weighted by Crippen LogP contribution is 2.41. The molecular weight excluding hydrogens is 386 g/mol. The van der Waals surface area contributed by atoms with Gasteiger partial charge in [0.2, 0.25) is 0 Å². The third kappa shape index (κ3) is 8.19. The SMILES string of the molecule is NC(C1=CCCCCCCCC1)(C1=CCCCCCCCC1)C1=CCCCCCCCC1. The van der Waals surface area contributed by atoms with Gasteiger partial charge in [-0.1, -0.05) is 95.3 Å². The van der Waals surface area contributed by atoms with Gasteiger partial charge in [-0.3, -0.25) is 0 Å². The molecule has 1 heteroatoms. The molecule has 1 nitrogen and oxygen atoms in total. The lowest BCUT2D eigenvalue weighted by atomic mass is 9.70. The summed E-state index contributed by atoms with van der Waals surface area (Å²) in [6.07, 6.45) is 40.0. The average molecular weight is 440 g/mol. The quantitative estimate of drug-likeness (QED) is 0.435. The minimum atomic E-state index is -0.294. The van der Waals surface area contributed by atoms with E-state index in [-0.39, 0.29) is 5.54 Å². The van der Waals surface area contributed by atoms with Gasteiger partial charge in [-0.25, -0.2) is 0 Å². The van der Waals surface area contributed by atoms with Crippen molar-refractivity contribution in [3.05, 3.63) is 34.9 Å². The molecule has 0 aromatic rings. The predicted octanol–water partition coefficient (Wildman–Crippen LogP) is 9.87. The molecule has 2 N–H and O–H groups in total. The van der Waals surface area contributed by atoms with Crippen molar-refractivity contribution in [3.63, 3.8) is 0 Å².